The first kappa shape index (κ1) is 9.03. The Bertz CT molecular complexity index is 347. The van der Waals surface area contributed by atoms with Crippen LogP contribution in [0.4, 0.5) is 0 Å². The molecule has 3 heteroatoms. The van der Waals surface area contributed by atoms with Crippen LogP contribution in [0.2, 0.25) is 0 Å². The van der Waals surface area contributed by atoms with Crippen LogP contribution in [0.3, 0.4) is 0 Å². The summed E-state index contributed by atoms with van der Waals surface area (Å²) in [5.74, 6) is 0.965. The van der Waals surface area contributed by atoms with E-state index < -0.39 is 0 Å². The van der Waals surface area contributed by atoms with Gasteiger partial charge in [0.25, 0.3) is 0 Å². The summed E-state index contributed by atoms with van der Waals surface area (Å²) < 4.78 is 6.48. The summed E-state index contributed by atoms with van der Waals surface area (Å²) in [7, 11) is 0. The van der Waals surface area contributed by atoms with Gasteiger partial charge in [0.1, 0.15) is 5.75 Å². The molecule has 2 rings (SSSR count). The molecule has 0 radical (unpaired) electrons. The van der Waals surface area contributed by atoms with E-state index in [0.717, 1.165) is 39.9 Å². The van der Waals surface area contributed by atoms with Crippen LogP contribution < -0.4 is 4.74 Å². The lowest BCUT2D eigenvalue weighted by Gasteiger charge is -2.09. The third-order valence-corrected chi connectivity index (χ3v) is 3.09. The van der Waals surface area contributed by atoms with Gasteiger partial charge in [-0.25, -0.2) is 0 Å². The maximum Gasteiger partial charge on any atom is 0.125 e. The van der Waals surface area contributed by atoms with E-state index in [1.165, 1.54) is 0 Å². The Morgan fingerprint density at radius 3 is 3.08 bits per heavy atom. The molecule has 0 saturated heterocycles. The van der Waals surface area contributed by atoms with Crippen molar-refractivity contribution >= 4 is 15.9 Å². The number of benzene rings is 1. The summed E-state index contributed by atoms with van der Waals surface area (Å²) in [4.78, 5) is 0. The Kier molecular flexibility index (Phi) is 2.30. The molecule has 0 unspecified atom stereocenters. The maximum atomic E-state index is 9.19. The molecule has 1 heterocycles. The largest absolute Gasteiger partial charge is 0.493 e. The second kappa shape index (κ2) is 3.31. The van der Waals surface area contributed by atoms with Crippen molar-refractivity contribution in [3.63, 3.8) is 0 Å². The first-order chi connectivity index (χ1) is 6.24. The van der Waals surface area contributed by atoms with Gasteiger partial charge in [-0.3, -0.25) is 0 Å². The van der Waals surface area contributed by atoms with E-state index in [9.17, 15) is 5.11 Å². The van der Waals surface area contributed by atoms with Gasteiger partial charge in [0, 0.05) is 16.5 Å². The van der Waals surface area contributed by atoms with Crippen LogP contribution in [0, 0.1) is 6.92 Å². The molecule has 0 aliphatic carbocycles. The maximum absolute atomic E-state index is 9.19. The number of ether oxygens (including phenoxy) is 1. The summed E-state index contributed by atoms with van der Waals surface area (Å²) in [6.45, 7) is 2.84. The second-order valence-electron chi connectivity index (χ2n) is 3.22. The molecule has 0 atom stereocenters. The van der Waals surface area contributed by atoms with Crippen LogP contribution in [0.15, 0.2) is 10.5 Å². The van der Waals surface area contributed by atoms with Crippen LogP contribution in [-0.2, 0) is 13.0 Å². The third-order valence-electron chi connectivity index (χ3n) is 2.38. The van der Waals surface area contributed by atoms with Gasteiger partial charge in [0.2, 0.25) is 0 Å². The molecule has 13 heavy (non-hydrogen) atoms. The minimum atomic E-state index is 0.0759. The Labute approximate surface area is 85.7 Å². The quantitative estimate of drug-likeness (QED) is 0.819. The van der Waals surface area contributed by atoms with Crippen molar-refractivity contribution < 1.29 is 9.84 Å². The van der Waals surface area contributed by atoms with Gasteiger partial charge in [0.15, 0.2) is 0 Å². The number of halogens is 1. The normalized spacial score (nSPS) is 14.1. The fourth-order valence-electron chi connectivity index (χ4n) is 1.75. The minimum absolute atomic E-state index is 0.0759. The lowest BCUT2D eigenvalue weighted by Crippen LogP contribution is -1.94. The average Bonchev–Trinajstić information content (AvgIpc) is 2.53. The van der Waals surface area contributed by atoms with Gasteiger partial charge in [-0.05, 0) is 24.1 Å². The molecule has 0 spiro atoms. The van der Waals surface area contributed by atoms with Crippen molar-refractivity contribution in [2.24, 2.45) is 0 Å². The molecular weight excluding hydrogens is 232 g/mol. The van der Waals surface area contributed by atoms with Gasteiger partial charge in [-0.2, -0.15) is 0 Å². The fraction of sp³-hybridized carbons (Fsp3) is 0.400. The second-order valence-corrected chi connectivity index (χ2v) is 4.07. The smallest absolute Gasteiger partial charge is 0.125 e. The first-order valence-electron chi connectivity index (χ1n) is 4.28. The number of hydrogen-bond acceptors (Lipinski definition) is 2. The first-order valence-corrected chi connectivity index (χ1v) is 5.08. The third kappa shape index (κ3) is 1.36. The van der Waals surface area contributed by atoms with Gasteiger partial charge in [-0.1, -0.05) is 15.9 Å². The van der Waals surface area contributed by atoms with E-state index in [1.807, 2.05) is 13.0 Å². The number of hydrogen-bond donors (Lipinski definition) is 1. The molecule has 0 fully saturated rings. The highest BCUT2D eigenvalue weighted by Crippen LogP contribution is 2.36. The predicted molar refractivity (Wildman–Crippen MR) is 54.0 cm³/mol. The highest BCUT2D eigenvalue weighted by atomic mass is 79.9. The number of aryl methyl sites for hydroxylation is 1. The molecule has 0 bridgehead atoms. The van der Waals surface area contributed by atoms with Gasteiger partial charge >= 0.3 is 0 Å². The zero-order valence-corrected chi connectivity index (χ0v) is 9.02. The predicted octanol–water partition coefficient (Wildman–Crippen LogP) is 2.18. The summed E-state index contributed by atoms with van der Waals surface area (Å²) >= 11 is 3.45. The Balaban J connectivity index is 2.65. The van der Waals surface area contributed by atoms with Crippen LogP contribution in [-0.4, -0.2) is 11.7 Å². The number of fused-ring (bicyclic) bond motifs is 1. The topological polar surface area (TPSA) is 29.5 Å². The molecule has 1 N–H and O–H groups in total. The summed E-state index contributed by atoms with van der Waals surface area (Å²) in [5.41, 5.74) is 3.27. The van der Waals surface area contributed by atoms with Gasteiger partial charge in [-0.15, -0.1) is 0 Å². The minimum Gasteiger partial charge on any atom is -0.493 e. The molecule has 0 aromatic heterocycles. The SMILES string of the molecule is Cc1cc(Br)c(CO)c2c1OCC2. The molecule has 2 nitrogen and oxygen atoms in total. The van der Waals surface area contributed by atoms with Crippen molar-refractivity contribution in [3.05, 3.63) is 27.2 Å². The van der Waals surface area contributed by atoms with E-state index in [-0.39, 0.29) is 6.61 Å². The van der Waals surface area contributed by atoms with Crippen LogP contribution >= 0.6 is 15.9 Å². The molecular formula is C10H11BrO2. The summed E-state index contributed by atoms with van der Waals surface area (Å²) in [6, 6.07) is 2.00. The number of rotatable bonds is 1. The van der Waals surface area contributed by atoms with Crippen LogP contribution in [0.25, 0.3) is 0 Å². The summed E-state index contributed by atoms with van der Waals surface area (Å²) in [6.07, 6.45) is 0.908. The standard InChI is InChI=1S/C10H11BrO2/c1-6-4-9(11)8(5-12)7-2-3-13-10(6)7/h4,12H,2-3,5H2,1H3. The molecule has 1 aromatic carbocycles. The Morgan fingerprint density at radius 2 is 2.38 bits per heavy atom. The molecule has 1 aliphatic rings. The van der Waals surface area contributed by atoms with E-state index in [4.69, 9.17) is 4.74 Å². The number of aliphatic hydroxyl groups excluding tert-OH is 1. The van der Waals surface area contributed by atoms with E-state index >= 15 is 0 Å². The lowest BCUT2D eigenvalue weighted by molar-refractivity contribution is 0.280. The van der Waals surface area contributed by atoms with Gasteiger partial charge in [0.05, 0.1) is 13.2 Å². The lowest BCUT2D eigenvalue weighted by atomic mass is 10.0. The van der Waals surface area contributed by atoms with Crippen molar-refractivity contribution in [1.82, 2.24) is 0 Å². The Hall–Kier alpha value is -0.540. The van der Waals surface area contributed by atoms with E-state index in [1.54, 1.807) is 0 Å². The van der Waals surface area contributed by atoms with Gasteiger partial charge < -0.3 is 9.84 Å². The highest BCUT2D eigenvalue weighted by molar-refractivity contribution is 9.10. The zero-order chi connectivity index (χ0) is 9.42. The fourth-order valence-corrected chi connectivity index (χ4v) is 2.46. The summed E-state index contributed by atoms with van der Waals surface area (Å²) in [5, 5.41) is 9.19. The molecule has 70 valence electrons. The van der Waals surface area contributed by atoms with Crippen LogP contribution in [0.1, 0.15) is 16.7 Å². The highest BCUT2D eigenvalue weighted by Gasteiger charge is 2.20. The average molecular weight is 243 g/mol. The van der Waals surface area contributed by atoms with Crippen molar-refractivity contribution in [2.75, 3.05) is 6.61 Å². The van der Waals surface area contributed by atoms with Crippen molar-refractivity contribution in [1.29, 1.82) is 0 Å². The monoisotopic (exact) mass is 242 g/mol. The van der Waals surface area contributed by atoms with E-state index in [0.29, 0.717) is 0 Å². The van der Waals surface area contributed by atoms with Crippen LogP contribution in [0.5, 0.6) is 5.75 Å². The molecule has 1 aromatic rings. The van der Waals surface area contributed by atoms with E-state index in [2.05, 4.69) is 15.9 Å². The van der Waals surface area contributed by atoms with Crippen molar-refractivity contribution in [3.8, 4) is 5.75 Å². The molecule has 1 aliphatic heterocycles. The van der Waals surface area contributed by atoms with Crippen molar-refractivity contribution in [2.45, 2.75) is 20.0 Å². The Morgan fingerprint density at radius 1 is 1.62 bits per heavy atom. The number of aliphatic hydroxyl groups is 1. The molecule has 0 amide bonds. The zero-order valence-electron chi connectivity index (χ0n) is 7.43. The molecule has 0 saturated carbocycles.